The molecule has 0 saturated carbocycles. The molecule has 0 fully saturated rings. The molecule has 4 aromatic rings. The summed E-state index contributed by atoms with van der Waals surface area (Å²) in [5, 5.41) is 8.84. The molecule has 0 atom stereocenters. The Labute approximate surface area is 227 Å². The minimum Gasteiger partial charge on any atom is -0.410 e. The number of rotatable bonds is 8. The Morgan fingerprint density at radius 3 is 1.61 bits per heavy atom. The standard InChI is InChI=1S/C20H22N2O2.C14H14/c1-3-13-22(14-4-2)20(23)24-19-11-9-18(10-12-19)17-7-5-16(15-21)6-8-17;1-12(13-8-4-2-5-9-13)14-10-6-3-7-11-14/h5-12H,3-4,13-14H2,1-2H3;2-12H,1H3. The molecule has 4 aromatic carbocycles. The lowest BCUT2D eigenvalue weighted by Crippen LogP contribution is -2.34. The first kappa shape index (κ1) is 28.2. The summed E-state index contributed by atoms with van der Waals surface area (Å²) < 4.78 is 5.45. The van der Waals surface area contributed by atoms with Crippen LogP contribution in [0, 0.1) is 11.3 Å². The minimum atomic E-state index is -0.301. The summed E-state index contributed by atoms with van der Waals surface area (Å²) in [6, 6.07) is 38.1. The lowest BCUT2D eigenvalue weighted by atomic mass is 9.93. The van der Waals surface area contributed by atoms with Gasteiger partial charge >= 0.3 is 6.09 Å². The molecule has 0 saturated heterocycles. The van der Waals surface area contributed by atoms with Gasteiger partial charge in [0, 0.05) is 19.0 Å². The van der Waals surface area contributed by atoms with Gasteiger partial charge in [0.05, 0.1) is 11.6 Å². The van der Waals surface area contributed by atoms with Gasteiger partial charge in [-0.1, -0.05) is 106 Å². The van der Waals surface area contributed by atoms with Crippen LogP contribution in [-0.4, -0.2) is 24.1 Å². The van der Waals surface area contributed by atoms with Crippen molar-refractivity contribution in [2.24, 2.45) is 0 Å². The number of hydrogen-bond acceptors (Lipinski definition) is 3. The molecule has 0 spiro atoms. The Morgan fingerprint density at radius 2 is 1.18 bits per heavy atom. The highest BCUT2D eigenvalue weighted by atomic mass is 16.6. The van der Waals surface area contributed by atoms with E-state index in [1.54, 1.807) is 29.2 Å². The van der Waals surface area contributed by atoms with Crippen LogP contribution in [0.15, 0.2) is 109 Å². The van der Waals surface area contributed by atoms with Crippen LogP contribution in [0.2, 0.25) is 0 Å². The monoisotopic (exact) mass is 504 g/mol. The van der Waals surface area contributed by atoms with Gasteiger partial charge in [0.25, 0.3) is 0 Å². The number of carbonyl (C=O) groups excluding carboxylic acids is 1. The molecule has 0 unspecified atom stereocenters. The van der Waals surface area contributed by atoms with E-state index in [1.807, 2.05) is 38.1 Å². The Morgan fingerprint density at radius 1 is 0.737 bits per heavy atom. The minimum absolute atomic E-state index is 0.301. The zero-order valence-corrected chi connectivity index (χ0v) is 22.5. The van der Waals surface area contributed by atoms with Crippen LogP contribution in [0.3, 0.4) is 0 Å². The smallest absolute Gasteiger partial charge is 0.410 e. The van der Waals surface area contributed by atoms with Gasteiger partial charge in [-0.25, -0.2) is 4.79 Å². The molecule has 0 radical (unpaired) electrons. The molecule has 0 aliphatic carbocycles. The van der Waals surface area contributed by atoms with Gasteiger partial charge in [-0.2, -0.15) is 5.26 Å². The normalized spacial score (nSPS) is 10.2. The molecule has 194 valence electrons. The Hall–Kier alpha value is -4.36. The molecule has 4 rings (SSSR count). The second-order valence-electron chi connectivity index (χ2n) is 9.11. The number of amides is 1. The van der Waals surface area contributed by atoms with E-state index in [0.29, 0.717) is 30.3 Å². The van der Waals surface area contributed by atoms with E-state index in [9.17, 15) is 4.79 Å². The molecule has 0 heterocycles. The Balaban J connectivity index is 0.000000241. The first-order valence-corrected chi connectivity index (χ1v) is 13.2. The zero-order valence-electron chi connectivity index (χ0n) is 22.5. The first-order valence-electron chi connectivity index (χ1n) is 13.2. The van der Waals surface area contributed by atoms with Crippen molar-refractivity contribution in [1.82, 2.24) is 4.90 Å². The van der Waals surface area contributed by atoms with Gasteiger partial charge in [0.15, 0.2) is 0 Å². The molecule has 4 nitrogen and oxygen atoms in total. The zero-order chi connectivity index (χ0) is 27.2. The van der Waals surface area contributed by atoms with Crippen LogP contribution in [0.4, 0.5) is 4.79 Å². The Bertz CT molecular complexity index is 1230. The van der Waals surface area contributed by atoms with Crippen LogP contribution in [0.25, 0.3) is 11.1 Å². The molecular weight excluding hydrogens is 468 g/mol. The second-order valence-corrected chi connectivity index (χ2v) is 9.11. The average molecular weight is 505 g/mol. The lowest BCUT2D eigenvalue weighted by molar-refractivity contribution is 0.152. The SMILES string of the molecule is CC(c1ccccc1)c1ccccc1.CCCN(CCC)C(=O)Oc1ccc(-c2ccc(C#N)cc2)cc1. The van der Waals surface area contributed by atoms with Crippen molar-refractivity contribution in [3.05, 3.63) is 126 Å². The van der Waals surface area contributed by atoms with Gasteiger partial charge in [-0.05, 0) is 59.4 Å². The molecule has 38 heavy (non-hydrogen) atoms. The van der Waals surface area contributed by atoms with E-state index in [0.717, 1.165) is 24.0 Å². The molecule has 0 N–H and O–H groups in total. The summed E-state index contributed by atoms with van der Waals surface area (Å²) in [6.07, 6.45) is 1.52. The van der Waals surface area contributed by atoms with Crippen LogP contribution in [0.1, 0.15) is 56.2 Å². The molecule has 4 heteroatoms. The maximum atomic E-state index is 12.2. The summed E-state index contributed by atoms with van der Waals surface area (Å²) in [4.78, 5) is 13.9. The highest BCUT2D eigenvalue weighted by molar-refractivity contribution is 5.71. The van der Waals surface area contributed by atoms with Gasteiger partial charge < -0.3 is 9.64 Å². The van der Waals surface area contributed by atoms with Crippen molar-refractivity contribution in [2.75, 3.05) is 13.1 Å². The third kappa shape index (κ3) is 8.35. The van der Waals surface area contributed by atoms with Crippen molar-refractivity contribution >= 4 is 6.09 Å². The predicted molar refractivity (Wildman–Crippen MR) is 155 cm³/mol. The fourth-order valence-electron chi connectivity index (χ4n) is 4.13. The average Bonchev–Trinajstić information content (AvgIpc) is 2.98. The van der Waals surface area contributed by atoms with Crippen molar-refractivity contribution < 1.29 is 9.53 Å². The van der Waals surface area contributed by atoms with Crippen molar-refractivity contribution in [3.63, 3.8) is 0 Å². The quantitative estimate of drug-likeness (QED) is 0.241. The van der Waals surface area contributed by atoms with E-state index >= 15 is 0 Å². The first-order chi connectivity index (χ1) is 18.5. The largest absolute Gasteiger partial charge is 0.415 e. The van der Waals surface area contributed by atoms with Crippen LogP contribution < -0.4 is 4.74 Å². The number of ether oxygens (including phenoxy) is 1. The van der Waals surface area contributed by atoms with Crippen LogP contribution in [-0.2, 0) is 0 Å². The molecule has 0 aliphatic rings. The third-order valence-corrected chi connectivity index (χ3v) is 6.25. The van der Waals surface area contributed by atoms with Crippen LogP contribution in [0.5, 0.6) is 5.75 Å². The molecule has 1 amide bonds. The lowest BCUT2D eigenvalue weighted by Gasteiger charge is -2.20. The van der Waals surface area contributed by atoms with Gasteiger partial charge in [-0.3, -0.25) is 0 Å². The predicted octanol–water partition coefficient (Wildman–Crippen LogP) is 8.68. The third-order valence-electron chi connectivity index (χ3n) is 6.25. The number of hydrogen-bond donors (Lipinski definition) is 0. The van der Waals surface area contributed by atoms with Gasteiger partial charge in [-0.15, -0.1) is 0 Å². The van der Waals surface area contributed by atoms with E-state index < -0.39 is 0 Å². The van der Waals surface area contributed by atoms with Crippen molar-refractivity contribution in [2.45, 2.75) is 39.5 Å². The summed E-state index contributed by atoms with van der Waals surface area (Å²) in [7, 11) is 0. The number of nitriles is 1. The van der Waals surface area contributed by atoms with Crippen LogP contribution >= 0.6 is 0 Å². The summed E-state index contributed by atoms with van der Waals surface area (Å²) in [5.41, 5.74) is 5.41. The number of nitrogens with zero attached hydrogens (tertiary/aromatic N) is 2. The molecule has 0 bridgehead atoms. The van der Waals surface area contributed by atoms with Gasteiger partial charge in [0.1, 0.15) is 5.75 Å². The maximum absolute atomic E-state index is 12.2. The van der Waals surface area contributed by atoms with E-state index in [-0.39, 0.29) is 6.09 Å². The summed E-state index contributed by atoms with van der Waals surface area (Å²) in [5.74, 6) is 1.02. The maximum Gasteiger partial charge on any atom is 0.415 e. The van der Waals surface area contributed by atoms with E-state index in [2.05, 4.69) is 73.7 Å². The highest BCUT2D eigenvalue weighted by Gasteiger charge is 2.14. The molecular formula is C34H36N2O2. The highest BCUT2D eigenvalue weighted by Crippen LogP contribution is 2.24. The number of benzene rings is 4. The second kappa shape index (κ2) is 15.0. The number of carbonyl (C=O) groups is 1. The molecule has 0 aromatic heterocycles. The van der Waals surface area contributed by atoms with Gasteiger partial charge in [0.2, 0.25) is 0 Å². The summed E-state index contributed by atoms with van der Waals surface area (Å²) in [6.45, 7) is 7.74. The Kier molecular flexibility index (Phi) is 11.2. The molecule has 0 aliphatic heterocycles. The van der Waals surface area contributed by atoms with Crippen molar-refractivity contribution in [1.29, 1.82) is 5.26 Å². The topological polar surface area (TPSA) is 53.3 Å². The van der Waals surface area contributed by atoms with E-state index in [4.69, 9.17) is 10.00 Å². The van der Waals surface area contributed by atoms with E-state index in [1.165, 1.54) is 11.1 Å². The summed E-state index contributed by atoms with van der Waals surface area (Å²) >= 11 is 0. The fraction of sp³-hybridized carbons (Fsp3) is 0.235. The fourth-order valence-corrected chi connectivity index (χ4v) is 4.13. The van der Waals surface area contributed by atoms with Crippen molar-refractivity contribution in [3.8, 4) is 22.9 Å².